The highest BCUT2D eigenvalue weighted by molar-refractivity contribution is 7.92. The summed E-state index contributed by atoms with van der Waals surface area (Å²) in [7, 11) is -2.19. The van der Waals surface area contributed by atoms with Gasteiger partial charge in [0.15, 0.2) is 0 Å². The molecule has 1 atom stereocenters. The predicted molar refractivity (Wildman–Crippen MR) is 144 cm³/mol. The number of ether oxygens (including phenoxy) is 1. The van der Waals surface area contributed by atoms with Crippen LogP contribution >= 0.6 is 0 Å². The van der Waals surface area contributed by atoms with Crippen LogP contribution in [0.25, 0.3) is 0 Å². The molecule has 198 valence electrons. The lowest BCUT2D eigenvalue weighted by Gasteiger charge is -2.33. The van der Waals surface area contributed by atoms with E-state index in [4.69, 9.17) is 4.74 Å². The first-order chi connectivity index (χ1) is 16.9. The maximum absolute atomic E-state index is 13.7. The molecule has 2 aromatic carbocycles. The first-order valence-corrected chi connectivity index (χ1v) is 14.0. The number of hydrogen-bond acceptors (Lipinski definition) is 5. The third-order valence-electron chi connectivity index (χ3n) is 5.86. The van der Waals surface area contributed by atoms with Crippen LogP contribution < -0.4 is 14.4 Å². The zero-order valence-electron chi connectivity index (χ0n) is 22.3. The largest absolute Gasteiger partial charge is 0.497 e. The highest BCUT2D eigenvalue weighted by atomic mass is 32.2. The Bertz CT molecular complexity index is 1110. The molecule has 0 unspecified atom stereocenters. The van der Waals surface area contributed by atoms with Crippen LogP contribution in [0.1, 0.15) is 58.1 Å². The van der Waals surface area contributed by atoms with Gasteiger partial charge in [0, 0.05) is 12.6 Å². The molecule has 0 saturated heterocycles. The fourth-order valence-electron chi connectivity index (χ4n) is 3.87. The van der Waals surface area contributed by atoms with Crippen molar-refractivity contribution in [1.82, 2.24) is 10.2 Å². The van der Waals surface area contributed by atoms with E-state index in [1.54, 1.807) is 31.4 Å². The Balaban J connectivity index is 2.43. The first-order valence-electron chi connectivity index (χ1n) is 12.2. The number of rotatable bonds is 12. The molecule has 0 radical (unpaired) electrons. The number of anilines is 1. The van der Waals surface area contributed by atoms with E-state index in [2.05, 4.69) is 19.2 Å². The summed E-state index contributed by atoms with van der Waals surface area (Å²) in [5, 5.41) is 2.88. The minimum Gasteiger partial charge on any atom is -0.497 e. The van der Waals surface area contributed by atoms with Crippen molar-refractivity contribution >= 4 is 27.5 Å². The molecular formula is C27H39N3O5S. The summed E-state index contributed by atoms with van der Waals surface area (Å²) in [5.41, 5.74) is 2.27. The lowest BCUT2D eigenvalue weighted by molar-refractivity contribution is -0.140. The number of carbonyl (C=O) groups is 2. The van der Waals surface area contributed by atoms with E-state index in [1.165, 1.54) is 4.90 Å². The van der Waals surface area contributed by atoms with Gasteiger partial charge in [0.25, 0.3) is 0 Å². The number of benzene rings is 2. The maximum atomic E-state index is 13.7. The van der Waals surface area contributed by atoms with E-state index in [1.807, 2.05) is 45.0 Å². The van der Waals surface area contributed by atoms with Crippen molar-refractivity contribution in [1.29, 1.82) is 0 Å². The van der Waals surface area contributed by atoms with Gasteiger partial charge in [-0.15, -0.1) is 0 Å². The number of sulfonamides is 1. The van der Waals surface area contributed by atoms with Crippen molar-refractivity contribution in [2.45, 2.75) is 65.6 Å². The Labute approximate surface area is 215 Å². The van der Waals surface area contributed by atoms with Crippen molar-refractivity contribution in [3.63, 3.8) is 0 Å². The van der Waals surface area contributed by atoms with Gasteiger partial charge in [0.05, 0.1) is 19.1 Å². The van der Waals surface area contributed by atoms with Crippen molar-refractivity contribution < 1.29 is 22.7 Å². The first kappa shape index (κ1) is 29.2. The van der Waals surface area contributed by atoms with Crippen LogP contribution in [0.4, 0.5) is 5.69 Å². The lowest BCUT2D eigenvalue weighted by Crippen LogP contribution is -2.53. The van der Waals surface area contributed by atoms with Crippen LogP contribution in [-0.2, 0) is 26.2 Å². The number of methoxy groups -OCH3 is 1. The van der Waals surface area contributed by atoms with Gasteiger partial charge >= 0.3 is 0 Å². The summed E-state index contributed by atoms with van der Waals surface area (Å²) in [6, 6.07) is 13.5. The van der Waals surface area contributed by atoms with Crippen molar-refractivity contribution in [3.8, 4) is 5.75 Å². The lowest BCUT2D eigenvalue weighted by atomic mass is 10.0. The minimum atomic E-state index is -3.76. The Kier molecular flexibility index (Phi) is 10.3. The molecule has 2 rings (SSSR count). The van der Waals surface area contributed by atoms with Crippen molar-refractivity contribution in [3.05, 3.63) is 59.7 Å². The van der Waals surface area contributed by atoms with Gasteiger partial charge in [-0.2, -0.15) is 0 Å². The molecule has 0 saturated carbocycles. The van der Waals surface area contributed by atoms with Crippen molar-refractivity contribution in [2.24, 2.45) is 0 Å². The summed E-state index contributed by atoms with van der Waals surface area (Å²) in [6.45, 7) is 9.38. The second kappa shape index (κ2) is 12.8. The quantitative estimate of drug-likeness (QED) is 0.460. The number of carbonyl (C=O) groups excluding carboxylic acids is 2. The van der Waals surface area contributed by atoms with E-state index in [0.717, 1.165) is 21.7 Å². The number of amides is 2. The fraction of sp³-hybridized carbons (Fsp3) is 0.481. The number of hydrogen-bond donors (Lipinski definition) is 1. The molecule has 2 amide bonds. The average Bonchev–Trinajstić information content (AvgIpc) is 2.81. The van der Waals surface area contributed by atoms with Crippen LogP contribution in [-0.4, -0.2) is 57.1 Å². The minimum absolute atomic E-state index is 0.100. The van der Waals surface area contributed by atoms with Gasteiger partial charge in [-0.25, -0.2) is 8.42 Å². The Morgan fingerprint density at radius 1 is 0.972 bits per heavy atom. The Morgan fingerprint density at radius 2 is 1.56 bits per heavy atom. The molecular weight excluding hydrogens is 478 g/mol. The Hall–Kier alpha value is -3.07. The topological polar surface area (TPSA) is 96.0 Å². The van der Waals surface area contributed by atoms with E-state index in [-0.39, 0.29) is 24.4 Å². The monoisotopic (exact) mass is 517 g/mol. The molecule has 0 aliphatic rings. The smallest absolute Gasteiger partial charge is 0.244 e. The summed E-state index contributed by atoms with van der Waals surface area (Å²) in [5.74, 6) is 0.225. The second-order valence-corrected chi connectivity index (χ2v) is 11.4. The standard InChI is InChI=1S/C27H39N3O5S/c1-8-25(27(32)28-20(4)5)29(17-21-9-15-24(35-6)16-10-21)26(31)18-30(36(7,33)34)23-13-11-22(12-14-23)19(2)3/h9-16,19-20,25H,8,17-18H2,1-7H3,(H,28,32)/t25-/m0/s1. The van der Waals surface area contributed by atoms with E-state index < -0.39 is 28.5 Å². The molecule has 2 aromatic rings. The summed E-state index contributed by atoms with van der Waals surface area (Å²) in [4.78, 5) is 28.2. The molecule has 0 heterocycles. The van der Waals surface area contributed by atoms with E-state index in [9.17, 15) is 18.0 Å². The zero-order chi connectivity index (χ0) is 27.0. The molecule has 0 aromatic heterocycles. The van der Waals surface area contributed by atoms with Crippen LogP contribution in [0.3, 0.4) is 0 Å². The SMILES string of the molecule is CC[C@@H](C(=O)NC(C)C)N(Cc1ccc(OC)cc1)C(=O)CN(c1ccc(C(C)C)cc1)S(C)(=O)=O. The zero-order valence-corrected chi connectivity index (χ0v) is 23.1. The predicted octanol–water partition coefficient (Wildman–Crippen LogP) is 3.92. The molecule has 8 nitrogen and oxygen atoms in total. The fourth-order valence-corrected chi connectivity index (χ4v) is 4.72. The van der Waals surface area contributed by atoms with Gasteiger partial charge < -0.3 is 15.0 Å². The van der Waals surface area contributed by atoms with E-state index >= 15 is 0 Å². The summed E-state index contributed by atoms with van der Waals surface area (Å²) in [6.07, 6.45) is 1.45. The van der Waals surface area contributed by atoms with Gasteiger partial charge in [0.1, 0.15) is 18.3 Å². The van der Waals surface area contributed by atoms with Crippen molar-refractivity contribution in [2.75, 3.05) is 24.2 Å². The highest BCUT2D eigenvalue weighted by Crippen LogP contribution is 2.23. The maximum Gasteiger partial charge on any atom is 0.244 e. The highest BCUT2D eigenvalue weighted by Gasteiger charge is 2.32. The van der Waals surface area contributed by atoms with Crippen LogP contribution in [0.15, 0.2) is 48.5 Å². The molecule has 0 bridgehead atoms. The normalized spacial score (nSPS) is 12.4. The second-order valence-electron chi connectivity index (χ2n) is 9.47. The van der Waals surface area contributed by atoms with Crippen LogP contribution in [0, 0.1) is 0 Å². The number of nitrogens with zero attached hydrogens (tertiary/aromatic N) is 2. The third-order valence-corrected chi connectivity index (χ3v) is 7.00. The molecule has 0 spiro atoms. The molecule has 0 aliphatic carbocycles. The Morgan fingerprint density at radius 3 is 2.00 bits per heavy atom. The van der Waals surface area contributed by atoms with Gasteiger partial charge in [-0.3, -0.25) is 13.9 Å². The average molecular weight is 518 g/mol. The van der Waals surface area contributed by atoms with Gasteiger partial charge in [-0.05, 0) is 61.6 Å². The van der Waals surface area contributed by atoms with Crippen LogP contribution in [0.5, 0.6) is 5.75 Å². The van der Waals surface area contributed by atoms with Crippen LogP contribution in [0.2, 0.25) is 0 Å². The summed E-state index contributed by atoms with van der Waals surface area (Å²) < 4.78 is 31.7. The molecule has 1 N–H and O–H groups in total. The summed E-state index contributed by atoms with van der Waals surface area (Å²) >= 11 is 0. The number of nitrogens with one attached hydrogen (secondary N) is 1. The van der Waals surface area contributed by atoms with Gasteiger partial charge in [-0.1, -0.05) is 45.0 Å². The third kappa shape index (κ3) is 7.98. The van der Waals surface area contributed by atoms with Gasteiger partial charge in [0.2, 0.25) is 21.8 Å². The van der Waals surface area contributed by atoms with E-state index in [0.29, 0.717) is 17.9 Å². The molecule has 0 fully saturated rings. The molecule has 0 aliphatic heterocycles. The molecule has 9 heteroatoms. The molecule has 36 heavy (non-hydrogen) atoms.